The van der Waals surface area contributed by atoms with E-state index in [1.54, 1.807) is 6.20 Å². The minimum absolute atomic E-state index is 0.225. The van der Waals surface area contributed by atoms with Crippen molar-refractivity contribution in [1.82, 2.24) is 20.0 Å². The highest BCUT2D eigenvalue weighted by atomic mass is 35.5. The first-order valence-electron chi connectivity index (χ1n) is 7.45. The summed E-state index contributed by atoms with van der Waals surface area (Å²) in [5.41, 5.74) is 0.392. The fraction of sp³-hybridized carbons (Fsp3) is 0.714. The average molecular weight is 314 g/mol. The highest BCUT2D eigenvalue weighted by molar-refractivity contribution is 6.32. The Hall–Kier alpha value is -1.11. The van der Waals surface area contributed by atoms with Crippen LogP contribution in [0.3, 0.4) is 0 Å². The molecule has 0 bridgehead atoms. The molecule has 1 fully saturated rings. The zero-order valence-electron chi connectivity index (χ0n) is 12.7. The van der Waals surface area contributed by atoms with Crippen molar-refractivity contribution in [3.8, 4) is 0 Å². The number of halogens is 1. The molecule has 1 aromatic rings. The van der Waals surface area contributed by atoms with Gasteiger partial charge in [0.2, 0.25) is 0 Å². The van der Waals surface area contributed by atoms with Crippen LogP contribution in [0.2, 0.25) is 5.02 Å². The molecule has 6 nitrogen and oxygen atoms in total. The molecule has 1 aliphatic heterocycles. The topological polar surface area (TPSA) is 62.2 Å². The first-order valence-corrected chi connectivity index (χ1v) is 7.83. The van der Waals surface area contributed by atoms with E-state index in [0.717, 1.165) is 26.1 Å². The van der Waals surface area contributed by atoms with Crippen LogP contribution in [0, 0.1) is 0 Å². The Balaban J connectivity index is 1.91. The van der Waals surface area contributed by atoms with Gasteiger partial charge in [-0.1, -0.05) is 11.6 Å². The summed E-state index contributed by atoms with van der Waals surface area (Å²) in [7, 11) is 3.92. The Labute approximate surface area is 130 Å². The number of anilines is 1. The van der Waals surface area contributed by atoms with Crippen LogP contribution in [0.1, 0.15) is 19.3 Å². The van der Waals surface area contributed by atoms with Crippen molar-refractivity contribution in [2.45, 2.75) is 31.8 Å². The minimum Gasteiger partial charge on any atom is -0.382 e. The van der Waals surface area contributed by atoms with Crippen LogP contribution in [0.15, 0.2) is 11.0 Å². The minimum atomic E-state index is -0.234. The Morgan fingerprint density at radius 2 is 2.38 bits per heavy atom. The van der Waals surface area contributed by atoms with Gasteiger partial charge in [0, 0.05) is 19.1 Å². The Morgan fingerprint density at radius 3 is 3.05 bits per heavy atom. The van der Waals surface area contributed by atoms with Crippen LogP contribution in [-0.4, -0.2) is 54.5 Å². The van der Waals surface area contributed by atoms with Crippen LogP contribution in [-0.2, 0) is 6.54 Å². The normalized spacial score (nSPS) is 18.4. The van der Waals surface area contributed by atoms with Crippen molar-refractivity contribution in [1.29, 1.82) is 0 Å². The molecule has 1 atom stereocenters. The highest BCUT2D eigenvalue weighted by Crippen LogP contribution is 2.16. The lowest BCUT2D eigenvalue weighted by Crippen LogP contribution is -2.29. The second-order valence-corrected chi connectivity index (χ2v) is 6.09. The maximum atomic E-state index is 12.1. The molecule has 7 heteroatoms. The van der Waals surface area contributed by atoms with E-state index in [2.05, 4.69) is 15.7 Å². The fourth-order valence-electron chi connectivity index (χ4n) is 2.43. The summed E-state index contributed by atoms with van der Waals surface area (Å²) in [4.78, 5) is 14.1. The molecule has 1 aromatic heterocycles. The van der Waals surface area contributed by atoms with Crippen molar-refractivity contribution < 1.29 is 0 Å². The van der Waals surface area contributed by atoms with Gasteiger partial charge in [0.15, 0.2) is 0 Å². The lowest BCUT2D eigenvalue weighted by molar-refractivity contribution is 0.367. The predicted octanol–water partition coefficient (Wildman–Crippen LogP) is 1.01. The highest BCUT2D eigenvalue weighted by Gasteiger charge is 2.14. The van der Waals surface area contributed by atoms with E-state index in [1.165, 1.54) is 17.5 Å². The predicted molar refractivity (Wildman–Crippen MR) is 86.2 cm³/mol. The molecular weight excluding hydrogens is 290 g/mol. The molecule has 0 unspecified atom stereocenters. The van der Waals surface area contributed by atoms with Crippen LogP contribution in [0.4, 0.5) is 5.69 Å². The maximum absolute atomic E-state index is 12.1. The number of rotatable bonds is 7. The van der Waals surface area contributed by atoms with Crippen molar-refractivity contribution in [2.75, 3.05) is 39.0 Å². The average Bonchev–Trinajstić information content (AvgIpc) is 2.95. The van der Waals surface area contributed by atoms with E-state index in [4.69, 9.17) is 11.6 Å². The summed E-state index contributed by atoms with van der Waals surface area (Å²) >= 11 is 6.14. The SMILES string of the molecule is CN(C)CCn1ncc(NCC[C@H]2CCCN2)c(Cl)c1=O. The molecular formula is C14H24ClN5O. The number of hydrogen-bond acceptors (Lipinski definition) is 5. The fourth-order valence-corrected chi connectivity index (χ4v) is 2.64. The van der Waals surface area contributed by atoms with Crippen molar-refractivity contribution in [3.05, 3.63) is 21.6 Å². The molecule has 0 saturated carbocycles. The van der Waals surface area contributed by atoms with Gasteiger partial charge >= 0.3 is 0 Å². The summed E-state index contributed by atoms with van der Waals surface area (Å²) in [5, 5.41) is 11.1. The molecule has 1 saturated heterocycles. The van der Waals surface area contributed by atoms with Crippen LogP contribution >= 0.6 is 11.6 Å². The maximum Gasteiger partial charge on any atom is 0.287 e. The van der Waals surface area contributed by atoms with E-state index in [9.17, 15) is 4.79 Å². The first-order chi connectivity index (χ1) is 10.1. The van der Waals surface area contributed by atoms with Gasteiger partial charge in [0.25, 0.3) is 5.56 Å². The van der Waals surface area contributed by atoms with E-state index >= 15 is 0 Å². The Bertz CT molecular complexity index is 511. The summed E-state index contributed by atoms with van der Waals surface area (Å²) in [6.07, 6.45) is 5.14. The zero-order chi connectivity index (χ0) is 15.2. The summed E-state index contributed by atoms with van der Waals surface area (Å²) in [6.45, 7) is 3.19. The van der Waals surface area contributed by atoms with Crippen molar-refractivity contribution in [2.24, 2.45) is 0 Å². The number of nitrogens with zero attached hydrogens (tertiary/aromatic N) is 3. The smallest absolute Gasteiger partial charge is 0.287 e. The molecule has 2 rings (SSSR count). The van der Waals surface area contributed by atoms with Gasteiger partial charge in [-0.2, -0.15) is 5.10 Å². The van der Waals surface area contributed by atoms with Gasteiger partial charge in [-0.3, -0.25) is 4.79 Å². The van der Waals surface area contributed by atoms with Crippen LogP contribution < -0.4 is 16.2 Å². The summed E-state index contributed by atoms with van der Waals surface area (Å²) in [5.74, 6) is 0. The molecule has 118 valence electrons. The quantitative estimate of drug-likeness (QED) is 0.787. The molecule has 0 aromatic carbocycles. The second kappa shape index (κ2) is 7.77. The third-order valence-electron chi connectivity index (χ3n) is 3.71. The summed E-state index contributed by atoms with van der Waals surface area (Å²) in [6, 6.07) is 0.574. The Morgan fingerprint density at radius 1 is 1.57 bits per heavy atom. The van der Waals surface area contributed by atoms with Crippen molar-refractivity contribution in [3.63, 3.8) is 0 Å². The Kier molecular flexibility index (Phi) is 6.02. The third-order valence-corrected chi connectivity index (χ3v) is 4.08. The zero-order valence-corrected chi connectivity index (χ0v) is 13.5. The van der Waals surface area contributed by atoms with E-state index < -0.39 is 0 Å². The molecule has 2 heterocycles. The molecule has 21 heavy (non-hydrogen) atoms. The molecule has 2 N–H and O–H groups in total. The van der Waals surface area contributed by atoms with Gasteiger partial charge < -0.3 is 15.5 Å². The first kappa shape index (κ1) is 16.3. The summed E-state index contributed by atoms with van der Waals surface area (Å²) < 4.78 is 1.41. The molecule has 0 amide bonds. The number of nitrogens with one attached hydrogen (secondary N) is 2. The molecule has 0 spiro atoms. The van der Waals surface area contributed by atoms with E-state index in [1.807, 2.05) is 19.0 Å². The number of likely N-dealkylation sites (N-methyl/N-ethyl adjacent to an activating group) is 1. The van der Waals surface area contributed by atoms with Gasteiger partial charge in [0.05, 0.1) is 18.4 Å². The second-order valence-electron chi connectivity index (χ2n) is 5.71. The van der Waals surface area contributed by atoms with Gasteiger partial charge in [0.1, 0.15) is 5.02 Å². The lowest BCUT2D eigenvalue weighted by Gasteiger charge is -2.14. The van der Waals surface area contributed by atoms with Gasteiger partial charge in [-0.15, -0.1) is 0 Å². The monoisotopic (exact) mass is 313 g/mol. The molecule has 0 aliphatic carbocycles. The van der Waals surface area contributed by atoms with E-state index in [-0.39, 0.29) is 10.6 Å². The number of hydrogen-bond donors (Lipinski definition) is 2. The standard InChI is InChI=1S/C14H24ClN5O/c1-19(2)8-9-20-14(21)13(15)12(10-18-20)17-7-5-11-4-3-6-16-11/h10-11,16-17H,3-9H2,1-2H3/t11-/m1/s1. The van der Waals surface area contributed by atoms with Gasteiger partial charge in [-0.25, -0.2) is 4.68 Å². The van der Waals surface area contributed by atoms with Crippen LogP contribution in [0.5, 0.6) is 0 Å². The van der Waals surface area contributed by atoms with Gasteiger partial charge in [-0.05, 0) is 39.9 Å². The largest absolute Gasteiger partial charge is 0.382 e. The molecule has 0 radical (unpaired) electrons. The lowest BCUT2D eigenvalue weighted by atomic mass is 10.1. The third kappa shape index (κ3) is 4.69. The van der Waals surface area contributed by atoms with Crippen molar-refractivity contribution >= 4 is 17.3 Å². The van der Waals surface area contributed by atoms with Crippen LogP contribution in [0.25, 0.3) is 0 Å². The van der Waals surface area contributed by atoms with E-state index in [0.29, 0.717) is 18.3 Å². The molecule has 1 aliphatic rings. The number of aromatic nitrogens is 2.